The van der Waals surface area contributed by atoms with Crippen LogP contribution in [0.1, 0.15) is 31.7 Å². The number of nitrogens with zero attached hydrogens (tertiary/aromatic N) is 1. The summed E-state index contributed by atoms with van der Waals surface area (Å²) in [5.41, 5.74) is 1.60. The Morgan fingerprint density at radius 3 is 2.85 bits per heavy atom. The molecule has 2 aliphatic rings. The molecule has 108 valence electrons. The summed E-state index contributed by atoms with van der Waals surface area (Å²) in [7, 11) is 0. The van der Waals surface area contributed by atoms with Gasteiger partial charge in [0.1, 0.15) is 5.82 Å². The molecule has 1 amide bonds. The van der Waals surface area contributed by atoms with Crippen molar-refractivity contribution in [2.75, 3.05) is 24.5 Å². The normalized spacial score (nSPS) is 20.8. The molecular formula is C16H21FN2O. The highest BCUT2D eigenvalue weighted by molar-refractivity contribution is 5.99. The van der Waals surface area contributed by atoms with Gasteiger partial charge in [-0.05, 0) is 56.5 Å². The van der Waals surface area contributed by atoms with Gasteiger partial charge in [0.2, 0.25) is 5.91 Å². The summed E-state index contributed by atoms with van der Waals surface area (Å²) in [6, 6.07) is 4.79. The molecule has 1 fully saturated rings. The molecule has 2 aliphatic heterocycles. The van der Waals surface area contributed by atoms with Crippen LogP contribution >= 0.6 is 0 Å². The van der Waals surface area contributed by atoms with Crippen molar-refractivity contribution in [3.63, 3.8) is 0 Å². The Balaban J connectivity index is 1.90. The monoisotopic (exact) mass is 276 g/mol. The van der Waals surface area contributed by atoms with Crippen molar-refractivity contribution in [1.82, 2.24) is 5.32 Å². The third-order valence-corrected chi connectivity index (χ3v) is 4.88. The first-order chi connectivity index (χ1) is 9.66. The van der Waals surface area contributed by atoms with E-state index in [1.54, 1.807) is 6.07 Å². The fraction of sp³-hybridized carbons (Fsp3) is 0.562. The summed E-state index contributed by atoms with van der Waals surface area (Å²) >= 11 is 0. The molecule has 1 aromatic rings. The molecule has 0 radical (unpaired) electrons. The van der Waals surface area contributed by atoms with Crippen LogP contribution in [0, 0.1) is 11.2 Å². The summed E-state index contributed by atoms with van der Waals surface area (Å²) in [4.78, 5) is 14.8. The lowest BCUT2D eigenvalue weighted by molar-refractivity contribution is -0.129. The molecule has 0 atom stereocenters. The molecular weight excluding hydrogens is 255 g/mol. The number of hydrogen-bond acceptors (Lipinski definition) is 2. The molecule has 1 saturated heterocycles. The standard InChI is InChI=1S/C16H21FN2O/c1-2-16(6-8-18-9-7-16)15(20)19-10-5-12-3-4-13(17)11-14(12)19/h3-4,11,18H,2,5-10H2,1H3. The van der Waals surface area contributed by atoms with E-state index in [2.05, 4.69) is 12.2 Å². The van der Waals surface area contributed by atoms with E-state index >= 15 is 0 Å². The van der Waals surface area contributed by atoms with Crippen molar-refractivity contribution in [3.05, 3.63) is 29.6 Å². The largest absolute Gasteiger partial charge is 0.317 e. The molecule has 3 rings (SSSR count). The van der Waals surface area contributed by atoms with E-state index in [0.717, 1.165) is 50.0 Å². The Hall–Kier alpha value is -1.42. The average molecular weight is 276 g/mol. The van der Waals surface area contributed by atoms with E-state index in [0.29, 0.717) is 6.54 Å². The van der Waals surface area contributed by atoms with Crippen molar-refractivity contribution in [1.29, 1.82) is 0 Å². The summed E-state index contributed by atoms with van der Waals surface area (Å²) in [5, 5.41) is 3.32. The number of benzene rings is 1. The zero-order valence-electron chi connectivity index (χ0n) is 11.9. The molecule has 20 heavy (non-hydrogen) atoms. The van der Waals surface area contributed by atoms with Gasteiger partial charge in [0.25, 0.3) is 0 Å². The van der Waals surface area contributed by atoms with Crippen LogP contribution in [-0.2, 0) is 11.2 Å². The maximum atomic E-state index is 13.5. The number of hydrogen-bond donors (Lipinski definition) is 1. The van der Waals surface area contributed by atoms with Crippen LogP contribution in [0.3, 0.4) is 0 Å². The van der Waals surface area contributed by atoms with Gasteiger partial charge in [-0.3, -0.25) is 4.79 Å². The molecule has 0 spiro atoms. The Morgan fingerprint density at radius 1 is 1.40 bits per heavy atom. The molecule has 1 aromatic carbocycles. The first-order valence-electron chi connectivity index (χ1n) is 7.47. The van der Waals surface area contributed by atoms with Crippen LogP contribution in [0.4, 0.5) is 10.1 Å². The lowest BCUT2D eigenvalue weighted by atomic mass is 9.75. The van der Waals surface area contributed by atoms with E-state index in [1.165, 1.54) is 12.1 Å². The number of carbonyl (C=O) groups excluding carboxylic acids is 1. The van der Waals surface area contributed by atoms with Gasteiger partial charge in [0.05, 0.1) is 5.41 Å². The number of nitrogens with one attached hydrogen (secondary N) is 1. The van der Waals surface area contributed by atoms with Crippen LogP contribution in [0.25, 0.3) is 0 Å². The van der Waals surface area contributed by atoms with Gasteiger partial charge in [-0.25, -0.2) is 4.39 Å². The topological polar surface area (TPSA) is 32.3 Å². The molecule has 1 N–H and O–H groups in total. The average Bonchev–Trinajstić information content (AvgIpc) is 2.90. The first-order valence-corrected chi connectivity index (χ1v) is 7.47. The van der Waals surface area contributed by atoms with E-state index in [1.807, 2.05) is 4.90 Å². The quantitative estimate of drug-likeness (QED) is 0.900. The summed E-state index contributed by atoms with van der Waals surface area (Å²) in [5.74, 6) is -0.0786. The van der Waals surface area contributed by atoms with Crippen molar-refractivity contribution in [2.45, 2.75) is 32.6 Å². The molecule has 4 heteroatoms. The van der Waals surface area contributed by atoms with Crippen LogP contribution < -0.4 is 10.2 Å². The number of halogens is 1. The zero-order chi connectivity index (χ0) is 14.2. The maximum absolute atomic E-state index is 13.5. The fourth-order valence-corrected chi connectivity index (χ4v) is 3.47. The minimum absolute atomic E-state index is 0.186. The molecule has 0 saturated carbocycles. The molecule has 0 aliphatic carbocycles. The SMILES string of the molecule is CCC1(C(=O)N2CCc3ccc(F)cc32)CCNCC1. The van der Waals surface area contributed by atoms with E-state index in [-0.39, 0.29) is 17.1 Å². The Kier molecular flexibility index (Phi) is 3.50. The summed E-state index contributed by atoms with van der Waals surface area (Å²) in [6.07, 6.45) is 3.45. The highest BCUT2D eigenvalue weighted by Gasteiger charge is 2.42. The summed E-state index contributed by atoms with van der Waals surface area (Å²) < 4.78 is 13.5. The number of piperidine rings is 1. The lowest BCUT2D eigenvalue weighted by Crippen LogP contribution is -2.48. The highest BCUT2D eigenvalue weighted by atomic mass is 19.1. The van der Waals surface area contributed by atoms with Gasteiger partial charge in [-0.15, -0.1) is 0 Å². The van der Waals surface area contributed by atoms with E-state index in [9.17, 15) is 9.18 Å². The molecule has 0 unspecified atom stereocenters. The Labute approximate surface area is 119 Å². The second-order valence-corrected chi connectivity index (χ2v) is 5.86. The minimum Gasteiger partial charge on any atom is -0.317 e. The van der Waals surface area contributed by atoms with Crippen LogP contribution in [0.15, 0.2) is 18.2 Å². The maximum Gasteiger partial charge on any atom is 0.233 e. The molecule has 0 aromatic heterocycles. The van der Waals surface area contributed by atoms with E-state index in [4.69, 9.17) is 0 Å². The van der Waals surface area contributed by atoms with E-state index < -0.39 is 0 Å². The highest BCUT2D eigenvalue weighted by Crippen LogP contribution is 2.39. The van der Waals surface area contributed by atoms with Crippen LogP contribution in [-0.4, -0.2) is 25.5 Å². The van der Waals surface area contributed by atoms with Gasteiger partial charge < -0.3 is 10.2 Å². The number of anilines is 1. The predicted molar refractivity (Wildman–Crippen MR) is 77.3 cm³/mol. The smallest absolute Gasteiger partial charge is 0.233 e. The number of rotatable bonds is 2. The van der Waals surface area contributed by atoms with Crippen LogP contribution in [0.2, 0.25) is 0 Å². The zero-order valence-corrected chi connectivity index (χ0v) is 11.9. The number of amides is 1. The van der Waals surface area contributed by atoms with Crippen LogP contribution in [0.5, 0.6) is 0 Å². The number of carbonyl (C=O) groups is 1. The fourth-order valence-electron chi connectivity index (χ4n) is 3.47. The van der Waals surface area contributed by atoms with Gasteiger partial charge >= 0.3 is 0 Å². The predicted octanol–water partition coefficient (Wildman–Crippen LogP) is 2.49. The Bertz CT molecular complexity index is 523. The second-order valence-electron chi connectivity index (χ2n) is 5.86. The van der Waals surface area contributed by atoms with Gasteiger partial charge in [-0.1, -0.05) is 13.0 Å². The molecule has 0 bridgehead atoms. The summed E-state index contributed by atoms with van der Waals surface area (Å²) in [6.45, 7) is 4.56. The van der Waals surface area contributed by atoms with Crippen molar-refractivity contribution in [3.8, 4) is 0 Å². The van der Waals surface area contributed by atoms with Crippen molar-refractivity contribution in [2.24, 2.45) is 5.41 Å². The van der Waals surface area contributed by atoms with Crippen molar-refractivity contribution < 1.29 is 9.18 Å². The second kappa shape index (κ2) is 5.17. The Morgan fingerprint density at radius 2 is 2.15 bits per heavy atom. The van der Waals surface area contributed by atoms with Gasteiger partial charge in [-0.2, -0.15) is 0 Å². The lowest BCUT2D eigenvalue weighted by Gasteiger charge is -2.38. The molecule has 3 nitrogen and oxygen atoms in total. The van der Waals surface area contributed by atoms with Crippen molar-refractivity contribution >= 4 is 11.6 Å². The van der Waals surface area contributed by atoms with Gasteiger partial charge in [0.15, 0.2) is 0 Å². The van der Waals surface area contributed by atoms with Gasteiger partial charge in [0, 0.05) is 12.2 Å². The minimum atomic E-state index is -0.265. The first kappa shape index (κ1) is 13.6. The number of fused-ring (bicyclic) bond motifs is 1. The third-order valence-electron chi connectivity index (χ3n) is 4.88. The third kappa shape index (κ3) is 2.12. The molecule has 2 heterocycles.